The van der Waals surface area contributed by atoms with Gasteiger partial charge in [-0.25, -0.2) is 4.98 Å². The van der Waals surface area contributed by atoms with Gasteiger partial charge in [-0.3, -0.25) is 0 Å². The SMILES string of the molecule is COc1cc(-c2nc3ccccc3n2CC(C)C)cc2c1OCO2. The lowest BCUT2D eigenvalue weighted by molar-refractivity contribution is 0.171. The lowest BCUT2D eigenvalue weighted by Gasteiger charge is -2.13. The Hall–Kier alpha value is -2.69. The van der Waals surface area contributed by atoms with Crippen molar-refractivity contribution in [1.82, 2.24) is 9.55 Å². The predicted octanol–water partition coefficient (Wildman–Crippen LogP) is 4.10. The van der Waals surface area contributed by atoms with Crippen molar-refractivity contribution in [2.75, 3.05) is 13.9 Å². The van der Waals surface area contributed by atoms with Crippen molar-refractivity contribution in [2.24, 2.45) is 5.92 Å². The van der Waals surface area contributed by atoms with E-state index < -0.39 is 0 Å². The Balaban J connectivity index is 1.93. The van der Waals surface area contributed by atoms with Gasteiger partial charge in [0.1, 0.15) is 5.82 Å². The van der Waals surface area contributed by atoms with Gasteiger partial charge in [0.25, 0.3) is 0 Å². The van der Waals surface area contributed by atoms with Gasteiger partial charge in [0.05, 0.1) is 18.1 Å². The molecule has 24 heavy (non-hydrogen) atoms. The van der Waals surface area contributed by atoms with Gasteiger partial charge in [0.15, 0.2) is 11.5 Å². The number of methoxy groups -OCH3 is 1. The van der Waals surface area contributed by atoms with Crippen molar-refractivity contribution in [3.05, 3.63) is 36.4 Å². The Kier molecular flexibility index (Phi) is 3.56. The van der Waals surface area contributed by atoms with Gasteiger partial charge < -0.3 is 18.8 Å². The number of ether oxygens (including phenoxy) is 3. The minimum Gasteiger partial charge on any atom is -0.493 e. The quantitative estimate of drug-likeness (QED) is 0.725. The molecule has 0 fully saturated rings. The van der Waals surface area contributed by atoms with Crippen LogP contribution in [0.1, 0.15) is 13.8 Å². The number of imidazole rings is 1. The fraction of sp³-hybridized carbons (Fsp3) is 0.316. The van der Waals surface area contributed by atoms with E-state index in [1.807, 2.05) is 30.3 Å². The Bertz CT molecular complexity index is 899. The maximum Gasteiger partial charge on any atom is 0.231 e. The second kappa shape index (κ2) is 5.74. The summed E-state index contributed by atoms with van der Waals surface area (Å²) in [4.78, 5) is 4.85. The van der Waals surface area contributed by atoms with E-state index >= 15 is 0 Å². The number of hydrogen-bond acceptors (Lipinski definition) is 4. The van der Waals surface area contributed by atoms with Crippen molar-refractivity contribution in [3.63, 3.8) is 0 Å². The number of nitrogens with zero attached hydrogens (tertiary/aromatic N) is 2. The summed E-state index contributed by atoms with van der Waals surface area (Å²) in [6.07, 6.45) is 0. The topological polar surface area (TPSA) is 45.5 Å². The Morgan fingerprint density at radius 1 is 1.21 bits per heavy atom. The third kappa shape index (κ3) is 2.37. The Morgan fingerprint density at radius 3 is 2.83 bits per heavy atom. The highest BCUT2D eigenvalue weighted by Gasteiger charge is 2.23. The fourth-order valence-corrected chi connectivity index (χ4v) is 3.10. The zero-order valence-corrected chi connectivity index (χ0v) is 14.1. The van der Waals surface area contributed by atoms with Crippen molar-refractivity contribution >= 4 is 11.0 Å². The molecular formula is C19H20N2O3. The van der Waals surface area contributed by atoms with Crippen LogP contribution in [0.5, 0.6) is 17.2 Å². The second-order valence-electron chi connectivity index (χ2n) is 6.34. The molecule has 0 N–H and O–H groups in total. The minimum absolute atomic E-state index is 0.220. The van der Waals surface area contributed by atoms with Gasteiger partial charge in [-0.2, -0.15) is 0 Å². The van der Waals surface area contributed by atoms with E-state index in [0.717, 1.165) is 29.0 Å². The lowest BCUT2D eigenvalue weighted by Crippen LogP contribution is -2.06. The molecule has 0 radical (unpaired) electrons. The summed E-state index contributed by atoms with van der Waals surface area (Å²) < 4.78 is 18.8. The fourth-order valence-electron chi connectivity index (χ4n) is 3.10. The number of para-hydroxylation sites is 2. The number of fused-ring (bicyclic) bond motifs is 2. The van der Waals surface area contributed by atoms with Gasteiger partial charge in [-0.05, 0) is 30.2 Å². The van der Waals surface area contributed by atoms with E-state index in [1.165, 1.54) is 0 Å². The molecule has 0 atom stereocenters. The van der Waals surface area contributed by atoms with Crippen molar-refractivity contribution in [1.29, 1.82) is 0 Å². The molecular weight excluding hydrogens is 304 g/mol. The molecule has 5 nitrogen and oxygen atoms in total. The number of hydrogen-bond donors (Lipinski definition) is 0. The monoisotopic (exact) mass is 324 g/mol. The molecule has 0 saturated carbocycles. The van der Waals surface area contributed by atoms with Crippen LogP contribution in [0, 0.1) is 5.92 Å². The zero-order chi connectivity index (χ0) is 16.7. The summed E-state index contributed by atoms with van der Waals surface area (Å²) in [5.74, 6) is 3.46. The van der Waals surface area contributed by atoms with E-state index in [1.54, 1.807) is 7.11 Å². The van der Waals surface area contributed by atoms with Gasteiger partial charge in [-0.1, -0.05) is 26.0 Å². The zero-order valence-electron chi connectivity index (χ0n) is 14.1. The summed E-state index contributed by atoms with van der Waals surface area (Å²) in [5.41, 5.74) is 3.09. The first kappa shape index (κ1) is 14.9. The van der Waals surface area contributed by atoms with Gasteiger partial charge in [-0.15, -0.1) is 0 Å². The molecule has 3 aromatic rings. The standard InChI is InChI=1S/C19H20N2O3/c1-12(2)10-21-15-7-5-4-6-14(15)20-19(21)13-8-16(22-3)18-17(9-13)23-11-24-18/h4-9,12H,10-11H2,1-3H3. The second-order valence-corrected chi connectivity index (χ2v) is 6.34. The molecule has 1 aromatic heterocycles. The molecule has 1 aliphatic heterocycles. The van der Waals surface area contributed by atoms with Gasteiger partial charge >= 0.3 is 0 Å². The van der Waals surface area contributed by atoms with Crippen LogP contribution in [0.2, 0.25) is 0 Å². The summed E-state index contributed by atoms with van der Waals surface area (Å²) in [5, 5.41) is 0. The third-order valence-corrected chi connectivity index (χ3v) is 4.12. The summed E-state index contributed by atoms with van der Waals surface area (Å²) in [6.45, 7) is 5.53. The Morgan fingerprint density at radius 2 is 2.04 bits per heavy atom. The summed E-state index contributed by atoms with van der Waals surface area (Å²) in [7, 11) is 1.64. The molecule has 1 aliphatic rings. The molecule has 4 rings (SSSR count). The van der Waals surface area contributed by atoms with Crippen LogP contribution in [0.4, 0.5) is 0 Å². The van der Waals surface area contributed by atoms with Crippen LogP contribution in [-0.4, -0.2) is 23.5 Å². The summed E-state index contributed by atoms with van der Waals surface area (Å²) in [6, 6.07) is 12.1. The number of aromatic nitrogens is 2. The summed E-state index contributed by atoms with van der Waals surface area (Å²) >= 11 is 0. The molecule has 124 valence electrons. The molecule has 2 aromatic carbocycles. The average molecular weight is 324 g/mol. The van der Waals surface area contributed by atoms with Crippen molar-refractivity contribution in [3.8, 4) is 28.6 Å². The van der Waals surface area contributed by atoms with Crippen LogP contribution in [0.3, 0.4) is 0 Å². The normalized spacial score (nSPS) is 13.0. The largest absolute Gasteiger partial charge is 0.493 e. The molecule has 0 bridgehead atoms. The van der Waals surface area contributed by atoms with Gasteiger partial charge in [0, 0.05) is 12.1 Å². The highest BCUT2D eigenvalue weighted by molar-refractivity contribution is 5.81. The van der Waals surface area contributed by atoms with Crippen molar-refractivity contribution in [2.45, 2.75) is 20.4 Å². The Labute approximate surface area is 140 Å². The highest BCUT2D eigenvalue weighted by atomic mass is 16.7. The molecule has 0 saturated heterocycles. The van der Waals surface area contributed by atoms with E-state index in [-0.39, 0.29) is 6.79 Å². The van der Waals surface area contributed by atoms with E-state index in [2.05, 4.69) is 24.5 Å². The molecule has 0 amide bonds. The average Bonchev–Trinajstić information content (AvgIpc) is 3.18. The first-order valence-corrected chi connectivity index (χ1v) is 8.10. The van der Waals surface area contributed by atoms with Crippen LogP contribution in [0.15, 0.2) is 36.4 Å². The lowest BCUT2D eigenvalue weighted by atomic mass is 10.1. The van der Waals surface area contributed by atoms with Crippen LogP contribution in [-0.2, 0) is 6.54 Å². The number of benzene rings is 2. The van der Waals surface area contributed by atoms with Gasteiger partial charge in [0.2, 0.25) is 12.5 Å². The first-order valence-electron chi connectivity index (χ1n) is 8.10. The minimum atomic E-state index is 0.220. The third-order valence-electron chi connectivity index (χ3n) is 4.12. The van der Waals surface area contributed by atoms with Crippen LogP contribution >= 0.6 is 0 Å². The maximum absolute atomic E-state index is 5.56. The van der Waals surface area contributed by atoms with E-state index in [9.17, 15) is 0 Å². The smallest absolute Gasteiger partial charge is 0.231 e. The van der Waals surface area contributed by atoms with E-state index in [0.29, 0.717) is 23.2 Å². The highest BCUT2D eigenvalue weighted by Crippen LogP contribution is 2.44. The molecule has 0 aliphatic carbocycles. The molecule has 0 spiro atoms. The molecule has 0 unspecified atom stereocenters. The maximum atomic E-state index is 5.56. The predicted molar refractivity (Wildman–Crippen MR) is 92.7 cm³/mol. The molecule has 2 heterocycles. The van der Waals surface area contributed by atoms with Crippen molar-refractivity contribution < 1.29 is 14.2 Å². The first-order chi connectivity index (χ1) is 11.7. The molecule has 5 heteroatoms. The van der Waals surface area contributed by atoms with Crippen LogP contribution < -0.4 is 14.2 Å². The van der Waals surface area contributed by atoms with Crippen LogP contribution in [0.25, 0.3) is 22.4 Å². The van der Waals surface area contributed by atoms with E-state index in [4.69, 9.17) is 19.2 Å². The number of rotatable bonds is 4.